The van der Waals surface area contributed by atoms with Crippen molar-refractivity contribution in [1.29, 1.82) is 0 Å². The Kier molecular flexibility index (Phi) is 4.71. The molecule has 0 atom stereocenters. The van der Waals surface area contributed by atoms with Crippen LogP contribution in [0.3, 0.4) is 0 Å². The molecule has 0 saturated heterocycles. The van der Waals surface area contributed by atoms with Crippen LogP contribution in [0.1, 0.15) is 19.4 Å². The van der Waals surface area contributed by atoms with E-state index in [1.807, 2.05) is 6.07 Å². The van der Waals surface area contributed by atoms with E-state index in [4.69, 9.17) is 0 Å². The number of anilines is 2. The summed E-state index contributed by atoms with van der Waals surface area (Å²) in [5.74, 6) is 1.44. The van der Waals surface area contributed by atoms with Crippen molar-refractivity contribution in [1.82, 2.24) is 20.2 Å². The molecule has 0 aliphatic carbocycles. The van der Waals surface area contributed by atoms with E-state index < -0.39 is 0 Å². The summed E-state index contributed by atoms with van der Waals surface area (Å²) in [5, 5.41) is 12.6. The molecule has 3 aromatic rings. The Hall–Kier alpha value is -2.63. The summed E-state index contributed by atoms with van der Waals surface area (Å²) in [6.45, 7) is 6.80. The Morgan fingerprint density at radius 2 is 2.00 bits per heavy atom. The largest absolute Gasteiger partial charge is 0.361 e. The van der Waals surface area contributed by atoms with Gasteiger partial charge in [0.25, 0.3) is 0 Å². The van der Waals surface area contributed by atoms with Crippen molar-refractivity contribution in [2.75, 3.05) is 29.9 Å². The fourth-order valence-corrected chi connectivity index (χ4v) is 2.72. The average Bonchev–Trinajstić information content (AvgIpc) is 3.00. The third kappa shape index (κ3) is 3.41. The van der Waals surface area contributed by atoms with E-state index in [0.29, 0.717) is 5.95 Å². The number of H-pyrrole nitrogens is 1. The Morgan fingerprint density at radius 3 is 2.83 bits per heavy atom. The first-order chi connectivity index (χ1) is 11.3. The van der Waals surface area contributed by atoms with Gasteiger partial charge in [-0.15, -0.1) is 5.10 Å². The normalized spacial score (nSPS) is 10.9. The number of fused-ring (bicyclic) bond motifs is 1. The van der Waals surface area contributed by atoms with Crippen molar-refractivity contribution < 1.29 is 0 Å². The van der Waals surface area contributed by atoms with Gasteiger partial charge in [0, 0.05) is 36.7 Å². The molecule has 6 heteroatoms. The van der Waals surface area contributed by atoms with Crippen LogP contribution < -0.4 is 10.2 Å². The van der Waals surface area contributed by atoms with Crippen LogP contribution in [0.2, 0.25) is 0 Å². The number of aromatic amines is 1. The highest BCUT2D eigenvalue weighted by molar-refractivity contribution is 5.83. The van der Waals surface area contributed by atoms with Gasteiger partial charge in [-0.1, -0.05) is 18.2 Å². The lowest BCUT2D eigenvalue weighted by atomic mass is 10.1. The summed E-state index contributed by atoms with van der Waals surface area (Å²) >= 11 is 0. The minimum Gasteiger partial charge on any atom is -0.361 e. The van der Waals surface area contributed by atoms with E-state index >= 15 is 0 Å². The van der Waals surface area contributed by atoms with Gasteiger partial charge >= 0.3 is 0 Å². The van der Waals surface area contributed by atoms with Crippen molar-refractivity contribution in [3.63, 3.8) is 0 Å². The topological polar surface area (TPSA) is 69.7 Å². The molecule has 0 saturated carbocycles. The molecule has 2 aromatic heterocycles. The number of nitrogens with one attached hydrogen (secondary N) is 2. The third-order valence-corrected chi connectivity index (χ3v) is 3.99. The van der Waals surface area contributed by atoms with Crippen LogP contribution in [0.5, 0.6) is 0 Å². The van der Waals surface area contributed by atoms with E-state index in [-0.39, 0.29) is 0 Å². The monoisotopic (exact) mass is 310 g/mol. The van der Waals surface area contributed by atoms with Crippen molar-refractivity contribution in [2.45, 2.75) is 20.3 Å². The lowest BCUT2D eigenvalue weighted by Crippen LogP contribution is -2.24. The van der Waals surface area contributed by atoms with Crippen molar-refractivity contribution >= 4 is 22.7 Å². The van der Waals surface area contributed by atoms with E-state index in [2.05, 4.69) is 68.6 Å². The summed E-state index contributed by atoms with van der Waals surface area (Å²) in [7, 11) is 0. The Morgan fingerprint density at radius 1 is 1.17 bits per heavy atom. The van der Waals surface area contributed by atoms with Gasteiger partial charge in [-0.2, -0.15) is 10.1 Å². The molecule has 0 aliphatic rings. The summed E-state index contributed by atoms with van der Waals surface area (Å²) in [4.78, 5) is 9.98. The van der Waals surface area contributed by atoms with Crippen LogP contribution in [0.25, 0.3) is 10.9 Å². The zero-order valence-electron chi connectivity index (χ0n) is 13.6. The van der Waals surface area contributed by atoms with Crippen LogP contribution in [0, 0.1) is 0 Å². The molecule has 3 rings (SSSR count). The SMILES string of the molecule is CCN(CC)c1cnnc(NCCc2c[nH]c3ccccc23)n1. The summed E-state index contributed by atoms with van der Waals surface area (Å²) < 4.78 is 0. The minimum atomic E-state index is 0.578. The van der Waals surface area contributed by atoms with Gasteiger partial charge in [-0.05, 0) is 31.9 Å². The van der Waals surface area contributed by atoms with Gasteiger partial charge in [0.2, 0.25) is 5.95 Å². The van der Waals surface area contributed by atoms with Crippen LogP contribution in [0.15, 0.2) is 36.7 Å². The third-order valence-electron chi connectivity index (χ3n) is 3.99. The van der Waals surface area contributed by atoms with E-state index in [1.165, 1.54) is 16.5 Å². The number of hydrogen-bond acceptors (Lipinski definition) is 5. The van der Waals surface area contributed by atoms with Gasteiger partial charge < -0.3 is 15.2 Å². The molecule has 0 spiro atoms. The fraction of sp³-hybridized carbons (Fsp3) is 0.353. The highest BCUT2D eigenvalue weighted by Crippen LogP contribution is 2.18. The molecule has 23 heavy (non-hydrogen) atoms. The number of rotatable bonds is 7. The predicted octanol–water partition coefficient (Wildman–Crippen LogP) is 2.85. The molecule has 0 bridgehead atoms. The summed E-state index contributed by atoms with van der Waals surface area (Å²) in [6, 6.07) is 8.33. The summed E-state index contributed by atoms with van der Waals surface area (Å²) in [5.41, 5.74) is 2.46. The van der Waals surface area contributed by atoms with Gasteiger partial charge in [0.05, 0.1) is 6.20 Å². The molecule has 6 nitrogen and oxygen atoms in total. The van der Waals surface area contributed by atoms with Gasteiger partial charge in [-0.3, -0.25) is 0 Å². The Balaban J connectivity index is 1.63. The summed E-state index contributed by atoms with van der Waals surface area (Å²) in [6.07, 6.45) is 4.68. The van der Waals surface area contributed by atoms with Crippen molar-refractivity contribution in [2.24, 2.45) is 0 Å². The maximum atomic E-state index is 4.53. The van der Waals surface area contributed by atoms with Crippen LogP contribution in [-0.4, -0.2) is 39.8 Å². The first-order valence-electron chi connectivity index (χ1n) is 8.05. The molecule has 0 aliphatic heterocycles. The zero-order chi connectivity index (χ0) is 16.1. The molecular formula is C17H22N6. The smallest absolute Gasteiger partial charge is 0.244 e. The first kappa shape index (κ1) is 15.3. The molecule has 120 valence electrons. The molecule has 0 radical (unpaired) electrons. The van der Waals surface area contributed by atoms with E-state index in [1.54, 1.807) is 6.20 Å². The maximum absolute atomic E-state index is 4.53. The van der Waals surface area contributed by atoms with Gasteiger partial charge in [0.1, 0.15) is 0 Å². The highest BCUT2D eigenvalue weighted by atomic mass is 15.3. The Labute approximate surface area is 136 Å². The second-order valence-electron chi connectivity index (χ2n) is 5.35. The first-order valence-corrected chi connectivity index (χ1v) is 8.05. The van der Waals surface area contributed by atoms with Crippen LogP contribution in [0.4, 0.5) is 11.8 Å². The van der Waals surface area contributed by atoms with Crippen LogP contribution >= 0.6 is 0 Å². The molecule has 2 heterocycles. The standard InChI is InChI=1S/C17H22N6/c1-3-23(4-2)16-12-20-22-17(21-16)18-10-9-13-11-19-15-8-6-5-7-14(13)15/h5-8,11-12,19H,3-4,9-10H2,1-2H3,(H,18,21,22). The molecule has 0 unspecified atom stereocenters. The van der Waals surface area contributed by atoms with Gasteiger partial charge in [0.15, 0.2) is 5.82 Å². The number of hydrogen-bond donors (Lipinski definition) is 2. The highest BCUT2D eigenvalue weighted by Gasteiger charge is 2.07. The van der Waals surface area contributed by atoms with E-state index in [9.17, 15) is 0 Å². The minimum absolute atomic E-state index is 0.578. The number of para-hydroxylation sites is 1. The second-order valence-corrected chi connectivity index (χ2v) is 5.35. The Bertz CT molecular complexity index is 762. The number of aromatic nitrogens is 4. The molecular weight excluding hydrogens is 288 g/mol. The van der Waals surface area contributed by atoms with Crippen molar-refractivity contribution in [3.8, 4) is 0 Å². The quantitative estimate of drug-likeness (QED) is 0.702. The predicted molar refractivity (Wildman–Crippen MR) is 93.9 cm³/mol. The molecule has 2 N–H and O–H groups in total. The lowest BCUT2D eigenvalue weighted by molar-refractivity contribution is 0.821. The van der Waals surface area contributed by atoms with Gasteiger partial charge in [-0.25, -0.2) is 0 Å². The van der Waals surface area contributed by atoms with Crippen LogP contribution in [-0.2, 0) is 6.42 Å². The van der Waals surface area contributed by atoms with Crippen molar-refractivity contribution in [3.05, 3.63) is 42.2 Å². The average molecular weight is 310 g/mol. The fourth-order valence-electron chi connectivity index (χ4n) is 2.72. The number of nitrogens with zero attached hydrogens (tertiary/aromatic N) is 4. The molecule has 1 aromatic carbocycles. The number of benzene rings is 1. The van der Waals surface area contributed by atoms with E-state index in [0.717, 1.165) is 31.9 Å². The lowest BCUT2D eigenvalue weighted by Gasteiger charge is -2.19. The zero-order valence-corrected chi connectivity index (χ0v) is 13.6. The molecule has 0 amide bonds. The maximum Gasteiger partial charge on any atom is 0.244 e. The second kappa shape index (κ2) is 7.09. The molecule has 0 fully saturated rings.